The molecular weight excluding hydrogens is 356 g/mol. The zero-order chi connectivity index (χ0) is 15.4. The fourth-order valence-electron chi connectivity index (χ4n) is 2.71. The molecule has 0 unspecified atom stereocenters. The largest absolute Gasteiger partial charge is 0.480 e. The van der Waals surface area contributed by atoms with E-state index in [1.165, 1.54) is 11.3 Å². The third-order valence-electron chi connectivity index (χ3n) is 3.83. The van der Waals surface area contributed by atoms with Gasteiger partial charge in [0, 0.05) is 24.5 Å². The molecule has 1 fully saturated rings. The Balaban J connectivity index is 1.90. The number of carbonyl (C=O) groups is 2. The second-order valence-electron chi connectivity index (χ2n) is 5.12. The van der Waals surface area contributed by atoms with Crippen molar-refractivity contribution in [2.24, 2.45) is 0 Å². The van der Waals surface area contributed by atoms with Crippen molar-refractivity contribution in [2.45, 2.75) is 25.8 Å². The third kappa shape index (κ3) is 4.28. The highest BCUT2D eigenvalue weighted by Crippen LogP contribution is 2.24. The average molecular weight is 375 g/mol. The Morgan fingerprint density at radius 1 is 1.48 bits per heavy atom. The number of carboxylic acid groups (broad SMARTS) is 1. The summed E-state index contributed by atoms with van der Waals surface area (Å²) in [5, 5.41) is 10.8. The normalized spacial score (nSPS) is 16.4. The number of hydrogen-bond donors (Lipinski definition) is 1. The minimum Gasteiger partial charge on any atom is -0.480 e. The topological polar surface area (TPSA) is 60.9 Å². The van der Waals surface area contributed by atoms with E-state index in [-0.39, 0.29) is 18.5 Å². The monoisotopic (exact) mass is 374 g/mol. The number of carboxylic acids is 1. The number of halogens is 1. The Morgan fingerprint density at radius 3 is 2.62 bits per heavy atom. The molecule has 1 aliphatic rings. The first kappa shape index (κ1) is 16.5. The molecule has 1 N–H and O–H groups in total. The first-order valence-electron chi connectivity index (χ1n) is 7.00. The van der Waals surface area contributed by atoms with E-state index in [0.29, 0.717) is 13.1 Å². The molecule has 1 aromatic rings. The highest BCUT2D eigenvalue weighted by molar-refractivity contribution is 9.11. The zero-order valence-corrected chi connectivity index (χ0v) is 14.3. The summed E-state index contributed by atoms with van der Waals surface area (Å²) in [6.45, 7) is 4.15. The second-order valence-corrected chi connectivity index (χ2v) is 7.41. The standard InChI is InChI=1S/C14H19BrN2O3S/c1-2-16(8-13(18)19)11-3-5-17(6-4-11)14(20)10-7-12(15)21-9-10/h7,9,11H,2-6,8H2,1H3,(H,18,19). The van der Waals surface area contributed by atoms with E-state index < -0.39 is 5.97 Å². The number of likely N-dealkylation sites (N-methyl/N-ethyl adjacent to an activating group) is 1. The van der Waals surface area contributed by atoms with E-state index in [1.54, 1.807) is 0 Å². The zero-order valence-electron chi connectivity index (χ0n) is 11.9. The number of rotatable bonds is 5. The molecule has 1 aliphatic heterocycles. The molecule has 2 heterocycles. The molecule has 1 aromatic heterocycles. The summed E-state index contributed by atoms with van der Waals surface area (Å²) in [6.07, 6.45) is 1.66. The smallest absolute Gasteiger partial charge is 0.317 e. The maximum Gasteiger partial charge on any atom is 0.317 e. The molecule has 0 bridgehead atoms. The number of carbonyl (C=O) groups excluding carboxylic acids is 1. The number of nitrogens with zero attached hydrogens (tertiary/aromatic N) is 2. The Labute approximate surface area is 136 Å². The highest BCUT2D eigenvalue weighted by atomic mass is 79.9. The summed E-state index contributed by atoms with van der Waals surface area (Å²) >= 11 is 4.88. The van der Waals surface area contributed by atoms with Crippen molar-refractivity contribution in [1.82, 2.24) is 9.80 Å². The average Bonchev–Trinajstić information content (AvgIpc) is 2.90. The molecule has 0 atom stereocenters. The SMILES string of the molecule is CCN(CC(=O)O)C1CCN(C(=O)c2csc(Br)c2)CC1. The van der Waals surface area contributed by atoms with Gasteiger partial charge in [0.15, 0.2) is 0 Å². The Kier molecular flexibility index (Phi) is 5.78. The van der Waals surface area contributed by atoms with Crippen molar-refractivity contribution in [3.63, 3.8) is 0 Å². The number of aliphatic carboxylic acids is 1. The number of likely N-dealkylation sites (tertiary alicyclic amines) is 1. The summed E-state index contributed by atoms with van der Waals surface area (Å²) in [5.41, 5.74) is 0.725. The van der Waals surface area contributed by atoms with Crippen LogP contribution in [0.2, 0.25) is 0 Å². The van der Waals surface area contributed by atoms with Gasteiger partial charge in [-0.3, -0.25) is 14.5 Å². The van der Waals surface area contributed by atoms with Crippen LogP contribution in [0.4, 0.5) is 0 Å². The van der Waals surface area contributed by atoms with Gasteiger partial charge in [-0.25, -0.2) is 0 Å². The van der Waals surface area contributed by atoms with Crippen LogP contribution < -0.4 is 0 Å². The predicted molar refractivity (Wildman–Crippen MR) is 85.8 cm³/mol. The van der Waals surface area contributed by atoms with E-state index in [9.17, 15) is 9.59 Å². The summed E-state index contributed by atoms with van der Waals surface area (Å²) in [5.74, 6) is -0.727. The molecule has 0 radical (unpaired) electrons. The van der Waals surface area contributed by atoms with E-state index in [2.05, 4.69) is 15.9 Å². The van der Waals surface area contributed by atoms with E-state index in [4.69, 9.17) is 5.11 Å². The maximum absolute atomic E-state index is 12.3. The lowest BCUT2D eigenvalue weighted by atomic mass is 10.0. The van der Waals surface area contributed by atoms with Crippen LogP contribution in [0.1, 0.15) is 30.1 Å². The molecule has 116 valence electrons. The van der Waals surface area contributed by atoms with Gasteiger partial charge in [-0.2, -0.15) is 0 Å². The fraction of sp³-hybridized carbons (Fsp3) is 0.571. The number of amides is 1. The second kappa shape index (κ2) is 7.38. The van der Waals surface area contributed by atoms with Crippen molar-refractivity contribution < 1.29 is 14.7 Å². The van der Waals surface area contributed by atoms with Crippen molar-refractivity contribution in [1.29, 1.82) is 0 Å². The molecule has 0 aliphatic carbocycles. The van der Waals surface area contributed by atoms with Crippen molar-refractivity contribution in [2.75, 3.05) is 26.2 Å². The number of piperidine rings is 1. The molecule has 21 heavy (non-hydrogen) atoms. The minimum atomic E-state index is -0.793. The lowest BCUT2D eigenvalue weighted by Crippen LogP contribution is -2.48. The molecule has 2 rings (SSSR count). The van der Waals surface area contributed by atoms with Gasteiger partial charge in [-0.1, -0.05) is 6.92 Å². The third-order valence-corrected chi connectivity index (χ3v) is 5.33. The Hall–Kier alpha value is -0.920. The molecule has 1 amide bonds. The van der Waals surface area contributed by atoms with Crippen molar-refractivity contribution in [3.8, 4) is 0 Å². The summed E-state index contributed by atoms with van der Waals surface area (Å²) in [6, 6.07) is 2.10. The van der Waals surface area contributed by atoms with Gasteiger partial charge in [0.05, 0.1) is 15.9 Å². The summed E-state index contributed by atoms with van der Waals surface area (Å²) < 4.78 is 0.958. The summed E-state index contributed by atoms with van der Waals surface area (Å²) in [4.78, 5) is 27.0. The lowest BCUT2D eigenvalue weighted by molar-refractivity contribution is -0.139. The molecule has 7 heteroatoms. The number of thiophene rings is 1. The summed E-state index contributed by atoms with van der Waals surface area (Å²) in [7, 11) is 0. The Morgan fingerprint density at radius 2 is 2.14 bits per heavy atom. The molecular formula is C14H19BrN2O3S. The van der Waals surface area contributed by atoms with Gasteiger partial charge < -0.3 is 10.0 Å². The number of hydrogen-bond acceptors (Lipinski definition) is 4. The minimum absolute atomic E-state index is 0.0664. The van der Waals surface area contributed by atoms with E-state index in [1.807, 2.05) is 28.2 Å². The van der Waals surface area contributed by atoms with Gasteiger partial charge >= 0.3 is 5.97 Å². The Bertz CT molecular complexity index is 512. The van der Waals surface area contributed by atoms with Gasteiger partial charge in [0.2, 0.25) is 0 Å². The molecule has 1 saturated heterocycles. The predicted octanol–water partition coefficient (Wildman–Crippen LogP) is 2.52. The van der Waals surface area contributed by atoms with Gasteiger partial charge in [-0.05, 0) is 41.4 Å². The molecule has 0 spiro atoms. The van der Waals surface area contributed by atoms with Crippen LogP contribution in [0, 0.1) is 0 Å². The van der Waals surface area contributed by atoms with Crippen molar-refractivity contribution in [3.05, 3.63) is 20.8 Å². The van der Waals surface area contributed by atoms with Crippen LogP contribution in [0.15, 0.2) is 15.2 Å². The first-order chi connectivity index (χ1) is 10.0. The highest BCUT2D eigenvalue weighted by Gasteiger charge is 2.27. The fourth-order valence-corrected chi connectivity index (χ4v) is 3.84. The molecule has 0 saturated carbocycles. The van der Waals surface area contributed by atoms with Gasteiger partial charge in [-0.15, -0.1) is 11.3 Å². The van der Waals surface area contributed by atoms with Crippen LogP contribution in [-0.4, -0.2) is 59.0 Å². The van der Waals surface area contributed by atoms with E-state index >= 15 is 0 Å². The van der Waals surface area contributed by atoms with Gasteiger partial charge in [0.1, 0.15) is 0 Å². The van der Waals surface area contributed by atoms with Gasteiger partial charge in [0.25, 0.3) is 5.91 Å². The first-order valence-corrected chi connectivity index (χ1v) is 8.67. The van der Waals surface area contributed by atoms with Crippen molar-refractivity contribution >= 4 is 39.1 Å². The molecule has 5 nitrogen and oxygen atoms in total. The maximum atomic E-state index is 12.3. The van der Waals surface area contributed by atoms with Crippen LogP contribution in [0.3, 0.4) is 0 Å². The molecule has 0 aromatic carbocycles. The van der Waals surface area contributed by atoms with Crippen LogP contribution in [0.5, 0.6) is 0 Å². The lowest BCUT2D eigenvalue weighted by Gasteiger charge is -2.37. The van der Waals surface area contributed by atoms with Crippen LogP contribution in [0.25, 0.3) is 0 Å². The van der Waals surface area contributed by atoms with Crippen LogP contribution in [-0.2, 0) is 4.79 Å². The van der Waals surface area contributed by atoms with Crippen LogP contribution >= 0.6 is 27.3 Å². The quantitative estimate of drug-likeness (QED) is 0.859. The van der Waals surface area contributed by atoms with E-state index in [0.717, 1.165) is 28.7 Å².